The molecule has 0 bridgehead atoms. The van der Waals surface area contributed by atoms with Gasteiger partial charge in [-0.3, -0.25) is 0 Å². The van der Waals surface area contributed by atoms with Gasteiger partial charge in [-0.1, -0.05) is 63.3 Å². The first-order valence-electron chi connectivity index (χ1n) is 6.56. The minimum absolute atomic E-state index is 0.132. The Labute approximate surface area is 120 Å². The van der Waals surface area contributed by atoms with E-state index in [4.69, 9.17) is 0 Å². The van der Waals surface area contributed by atoms with Crippen molar-refractivity contribution < 1.29 is 0 Å². The van der Waals surface area contributed by atoms with E-state index < -0.39 is 0 Å². The van der Waals surface area contributed by atoms with Crippen LogP contribution in [-0.4, -0.2) is 11.5 Å². The highest BCUT2D eigenvalue weighted by Crippen LogP contribution is 2.51. The van der Waals surface area contributed by atoms with Crippen molar-refractivity contribution in [2.24, 2.45) is 5.41 Å². The van der Waals surface area contributed by atoms with Crippen molar-refractivity contribution in [1.29, 1.82) is 0 Å². The molecule has 2 heteroatoms. The zero-order valence-electron chi connectivity index (χ0n) is 11.5. The Balaban J connectivity index is 2.32. The van der Waals surface area contributed by atoms with Gasteiger partial charge in [0.25, 0.3) is 0 Å². The minimum Gasteiger partial charge on any atom is -0.135 e. The number of benzene rings is 1. The van der Waals surface area contributed by atoms with Gasteiger partial charge in [0.1, 0.15) is 4.08 Å². The Morgan fingerprint density at radius 1 is 1.06 bits per heavy atom. The van der Waals surface area contributed by atoms with Crippen molar-refractivity contribution in [3.63, 3.8) is 0 Å². The predicted molar refractivity (Wildman–Crippen MR) is 86.2 cm³/mol. The molecule has 1 heterocycles. The SMILES string of the molecule is CC(C)(C)/C=C/C1(c2ccccc2)SCCCS1. The van der Waals surface area contributed by atoms with Crippen LogP contribution in [0, 0.1) is 5.41 Å². The lowest BCUT2D eigenvalue weighted by Gasteiger charge is -2.34. The topological polar surface area (TPSA) is 0 Å². The summed E-state index contributed by atoms with van der Waals surface area (Å²) in [5.74, 6) is 2.52. The van der Waals surface area contributed by atoms with Crippen LogP contribution in [0.15, 0.2) is 42.5 Å². The monoisotopic (exact) mass is 278 g/mol. The van der Waals surface area contributed by atoms with Crippen molar-refractivity contribution in [2.45, 2.75) is 31.3 Å². The molecule has 1 fully saturated rings. The summed E-state index contributed by atoms with van der Waals surface area (Å²) in [4.78, 5) is 0. The van der Waals surface area contributed by atoms with Crippen LogP contribution in [0.3, 0.4) is 0 Å². The summed E-state index contributed by atoms with van der Waals surface area (Å²) in [7, 11) is 0. The average Bonchev–Trinajstić information content (AvgIpc) is 2.38. The molecule has 0 aliphatic carbocycles. The highest BCUT2D eigenvalue weighted by atomic mass is 32.2. The lowest BCUT2D eigenvalue weighted by molar-refractivity contribution is 0.542. The third-order valence-electron chi connectivity index (χ3n) is 2.90. The summed E-state index contributed by atoms with van der Waals surface area (Å²) in [6.45, 7) is 6.79. The third-order valence-corrected chi connectivity index (χ3v) is 6.19. The third kappa shape index (κ3) is 3.58. The average molecular weight is 278 g/mol. The summed E-state index contributed by atoms with van der Waals surface area (Å²) < 4.78 is 0.132. The largest absolute Gasteiger partial charge is 0.135 e. The second-order valence-electron chi connectivity index (χ2n) is 5.78. The Kier molecular flexibility index (Phi) is 4.50. The molecule has 0 atom stereocenters. The van der Waals surface area contributed by atoms with Crippen LogP contribution < -0.4 is 0 Å². The first-order chi connectivity index (χ1) is 8.52. The van der Waals surface area contributed by atoms with Crippen molar-refractivity contribution in [1.82, 2.24) is 0 Å². The fraction of sp³-hybridized carbons (Fsp3) is 0.500. The maximum absolute atomic E-state index is 2.43. The summed E-state index contributed by atoms with van der Waals surface area (Å²) >= 11 is 4.16. The van der Waals surface area contributed by atoms with E-state index in [0.29, 0.717) is 0 Å². The zero-order valence-corrected chi connectivity index (χ0v) is 13.1. The number of allylic oxidation sites excluding steroid dienone is 1. The van der Waals surface area contributed by atoms with E-state index in [2.05, 4.69) is 86.8 Å². The fourth-order valence-corrected chi connectivity index (χ4v) is 5.07. The van der Waals surface area contributed by atoms with Gasteiger partial charge in [0, 0.05) is 0 Å². The summed E-state index contributed by atoms with van der Waals surface area (Å²) in [6.07, 6.45) is 6.12. The van der Waals surface area contributed by atoms with E-state index in [1.807, 2.05) is 0 Å². The van der Waals surface area contributed by atoms with E-state index >= 15 is 0 Å². The molecule has 1 aromatic carbocycles. The smallest absolute Gasteiger partial charge is 0.104 e. The van der Waals surface area contributed by atoms with Gasteiger partial charge in [-0.2, -0.15) is 0 Å². The van der Waals surface area contributed by atoms with E-state index in [1.54, 1.807) is 0 Å². The summed E-state index contributed by atoms with van der Waals surface area (Å²) in [5.41, 5.74) is 1.68. The maximum atomic E-state index is 2.43. The van der Waals surface area contributed by atoms with Crippen LogP contribution in [-0.2, 0) is 4.08 Å². The lowest BCUT2D eigenvalue weighted by Crippen LogP contribution is -2.21. The van der Waals surface area contributed by atoms with Gasteiger partial charge in [-0.15, -0.1) is 23.5 Å². The number of rotatable bonds is 2. The molecule has 0 N–H and O–H groups in total. The number of hydrogen-bond acceptors (Lipinski definition) is 2. The molecule has 0 unspecified atom stereocenters. The molecule has 0 nitrogen and oxygen atoms in total. The highest BCUT2D eigenvalue weighted by molar-refractivity contribution is 8.18. The molecular weight excluding hydrogens is 256 g/mol. The van der Waals surface area contributed by atoms with E-state index in [1.165, 1.54) is 23.5 Å². The molecule has 0 saturated carbocycles. The molecule has 0 spiro atoms. The van der Waals surface area contributed by atoms with Crippen LogP contribution in [0.5, 0.6) is 0 Å². The van der Waals surface area contributed by atoms with Gasteiger partial charge in [0.2, 0.25) is 0 Å². The van der Waals surface area contributed by atoms with Gasteiger partial charge in [0.15, 0.2) is 0 Å². The molecule has 1 saturated heterocycles. The quantitative estimate of drug-likeness (QED) is 0.672. The normalized spacial score (nSPS) is 20.2. The minimum atomic E-state index is 0.132. The Morgan fingerprint density at radius 2 is 1.67 bits per heavy atom. The second-order valence-corrected chi connectivity index (χ2v) is 8.72. The van der Waals surface area contributed by atoms with Gasteiger partial charge >= 0.3 is 0 Å². The van der Waals surface area contributed by atoms with Crippen LogP contribution >= 0.6 is 23.5 Å². The first kappa shape index (κ1) is 14.1. The van der Waals surface area contributed by atoms with Gasteiger partial charge in [-0.05, 0) is 28.9 Å². The van der Waals surface area contributed by atoms with Crippen LogP contribution in [0.25, 0.3) is 0 Å². The van der Waals surface area contributed by atoms with E-state index in [-0.39, 0.29) is 9.49 Å². The molecule has 0 amide bonds. The highest BCUT2D eigenvalue weighted by Gasteiger charge is 2.33. The van der Waals surface area contributed by atoms with Crippen molar-refractivity contribution in [3.05, 3.63) is 48.0 Å². The number of thioether (sulfide) groups is 2. The van der Waals surface area contributed by atoms with Gasteiger partial charge < -0.3 is 0 Å². The van der Waals surface area contributed by atoms with Crippen LogP contribution in [0.4, 0.5) is 0 Å². The van der Waals surface area contributed by atoms with Crippen molar-refractivity contribution >= 4 is 23.5 Å². The summed E-state index contributed by atoms with van der Waals surface area (Å²) in [6, 6.07) is 10.9. The Morgan fingerprint density at radius 3 is 2.22 bits per heavy atom. The standard InChI is InChI=1S/C16H22S2/c1-15(2,3)10-11-16(17-12-7-13-18-16)14-8-5-4-6-9-14/h4-6,8-11H,7,12-13H2,1-3H3/b11-10+. The number of hydrogen-bond donors (Lipinski definition) is 0. The molecule has 2 rings (SSSR count). The Bertz CT molecular complexity index is 395. The van der Waals surface area contributed by atoms with Crippen molar-refractivity contribution in [2.75, 3.05) is 11.5 Å². The Hall–Kier alpha value is -0.340. The van der Waals surface area contributed by atoms with E-state index in [9.17, 15) is 0 Å². The lowest BCUT2D eigenvalue weighted by atomic mass is 9.95. The zero-order chi connectivity index (χ0) is 13.1. The second kappa shape index (κ2) is 5.75. The fourth-order valence-electron chi connectivity index (χ4n) is 1.94. The van der Waals surface area contributed by atoms with Crippen molar-refractivity contribution in [3.8, 4) is 0 Å². The molecule has 0 aromatic heterocycles. The molecule has 1 aliphatic rings. The predicted octanol–water partition coefficient (Wildman–Crippen LogP) is 5.31. The van der Waals surface area contributed by atoms with Crippen LogP contribution in [0.1, 0.15) is 32.8 Å². The first-order valence-corrected chi connectivity index (χ1v) is 8.53. The van der Waals surface area contributed by atoms with Gasteiger partial charge in [0.05, 0.1) is 0 Å². The molecule has 0 radical (unpaired) electrons. The molecule has 1 aliphatic heterocycles. The van der Waals surface area contributed by atoms with Crippen LogP contribution in [0.2, 0.25) is 0 Å². The maximum Gasteiger partial charge on any atom is 0.104 e. The molecular formula is C16H22S2. The molecule has 18 heavy (non-hydrogen) atoms. The van der Waals surface area contributed by atoms with E-state index in [0.717, 1.165) is 0 Å². The molecule has 98 valence electrons. The molecule has 1 aromatic rings. The summed E-state index contributed by atoms with van der Waals surface area (Å²) in [5, 5.41) is 0. The van der Waals surface area contributed by atoms with Gasteiger partial charge in [-0.25, -0.2) is 0 Å².